The highest BCUT2D eigenvalue weighted by Gasteiger charge is 2.49. The van der Waals surface area contributed by atoms with Crippen molar-refractivity contribution < 1.29 is 19.4 Å². The van der Waals surface area contributed by atoms with Gasteiger partial charge in [-0.25, -0.2) is 9.48 Å². The minimum Gasteiger partial charge on any atom is -0.457 e. The van der Waals surface area contributed by atoms with Gasteiger partial charge in [-0.3, -0.25) is 14.5 Å². The highest BCUT2D eigenvalue weighted by atomic mass is 16.5. The minimum atomic E-state index is -0.676. The molecule has 1 atom stereocenters. The number of β-amino-alcohol motifs (C(OH)–C–C–N with tert-alkyl or cyclic N) is 1. The second kappa shape index (κ2) is 8.63. The molecule has 1 amide bonds. The van der Waals surface area contributed by atoms with E-state index in [4.69, 9.17) is 4.74 Å². The summed E-state index contributed by atoms with van der Waals surface area (Å²) >= 11 is 0. The number of hydrogen-bond donors (Lipinski definition) is 1. The predicted octanol–water partition coefficient (Wildman–Crippen LogP) is 1.79. The van der Waals surface area contributed by atoms with Gasteiger partial charge in [-0.05, 0) is 69.5 Å². The number of benzene rings is 1. The van der Waals surface area contributed by atoms with Crippen molar-refractivity contribution in [3.05, 3.63) is 56.9 Å². The molecule has 9 heteroatoms. The lowest BCUT2D eigenvalue weighted by atomic mass is 9.77. The number of aryl methyl sites for hydroxylation is 1. The van der Waals surface area contributed by atoms with Gasteiger partial charge in [0.25, 0.3) is 5.56 Å². The Bertz CT molecular complexity index is 1200. The van der Waals surface area contributed by atoms with Crippen molar-refractivity contribution in [2.45, 2.75) is 52.4 Å². The fourth-order valence-electron chi connectivity index (χ4n) is 5.55. The quantitative estimate of drug-likeness (QED) is 0.670. The normalized spacial score (nSPS) is 20.6. The van der Waals surface area contributed by atoms with Crippen molar-refractivity contribution in [1.82, 2.24) is 14.7 Å². The van der Waals surface area contributed by atoms with Crippen LogP contribution >= 0.6 is 0 Å². The van der Waals surface area contributed by atoms with Crippen LogP contribution in [0.3, 0.4) is 0 Å². The number of carbonyl (C=O) groups excluding carboxylic acids is 2. The highest BCUT2D eigenvalue weighted by molar-refractivity contribution is 5.99. The molecule has 3 aliphatic rings. The summed E-state index contributed by atoms with van der Waals surface area (Å²) in [5, 5.41) is 15.3. The largest absolute Gasteiger partial charge is 0.457 e. The van der Waals surface area contributed by atoms with Crippen LogP contribution in [0.5, 0.6) is 0 Å². The third-order valence-corrected chi connectivity index (χ3v) is 7.75. The topological polar surface area (TPSA) is 105 Å². The van der Waals surface area contributed by atoms with E-state index in [-0.39, 0.29) is 24.0 Å². The zero-order valence-electron chi connectivity index (χ0n) is 19.6. The molecule has 2 fully saturated rings. The van der Waals surface area contributed by atoms with Crippen LogP contribution in [-0.4, -0.2) is 57.8 Å². The molecule has 4 heterocycles. The van der Waals surface area contributed by atoms with E-state index in [0.717, 1.165) is 49.0 Å². The van der Waals surface area contributed by atoms with Crippen molar-refractivity contribution in [1.29, 1.82) is 0 Å². The number of carbonyl (C=O) groups is 2. The van der Waals surface area contributed by atoms with Crippen LogP contribution in [0, 0.1) is 12.3 Å². The smallest absolute Gasteiger partial charge is 0.338 e. The number of esters is 1. The van der Waals surface area contributed by atoms with Crippen molar-refractivity contribution in [3.63, 3.8) is 0 Å². The van der Waals surface area contributed by atoms with Crippen molar-refractivity contribution in [3.8, 4) is 0 Å². The number of cyclic esters (lactones) is 1. The van der Waals surface area contributed by atoms with Crippen LogP contribution in [0.1, 0.15) is 59.3 Å². The molecule has 2 aromatic rings. The Hall–Kier alpha value is -3.04. The van der Waals surface area contributed by atoms with Gasteiger partial charge in [-0.15, -0.1) is 0 Å². The van der Waals surface area contributed by atoms with Gasteiger partial charge < -0.3 is 14.7 Å². The molecule has 2 saturated heterocycles. The molecule has 0 saturated carbocycles. The molecular weight excluding hydrogens is 436 g/mol. The Morgan fingerprint density at radius 1 is 1.09 bits per heavy atom. The standard InChI is InChI=1S/C25H30N4O5/c1-3-29-22(31)7-6-21(26-29)28-13-10-25(24(28)33)8-11-27(12-9-25)14-20(30)17-4-5-18-19(16(17)2)15-34-23(18)32/h4-7,20,30H,3,8-15H2,1-2H3/t20-/m0/s1. The van der Waals surface area contributed by atoms with Crippen LogP contribution < -0.4 is 10.5 Å². The summed E-state index contributed by atoms with van der Waals surface area (Å²) in [4.78, 5) is 41.0. The van der Waals surface area contributed by atoms with E-state index < -0.39 is 11.5 Å². The number of fused-ring (bicyclic) bond motifs is 1. The summed E-state index contributed by atoms with van der Waals surface area (Å²) in [5.41, 5.74) is 2.60. The predicted molar refractivity (Wildman–Crippen MR) is 125 cm³/mol. The molecule has 1 aromatic heterocycles. The van der Waals surface area contributed by atoms with E-state index in [1.165, 1.54) is 10.7 Å². The SMILES string of the molecule is CCn1nc(N2CCC3(CCN(C[C@H](O)c4ccc5c(c4C)COC5=O)CC3)C2=O)ccc1=O. The summed E-state index contributed by atoms with van der Waals surface area (Å²) in [6, 6.07) is 6.66. The number of anilines is 1. The number of nitrogens with zero attached hydrogens (tertiary/aromatic N) is 4. The van der Waals surface area contributed by atoms with E-state index in [0.29, 0.717) is 31.0 Å². The third-order valence-electron chi connectivity index (χ3n) is 7.75. The first-order valence-corrected chi connectivity index (χ1v) is 11.9. The number of aliphatic hydroxyl groups is 1. The first kappa shape index (κ1) is 22.7. The summed E-state index contributed by atoms with van der Waals surface area (Å²) in [6.07, 6.45) is 1.56. The van der Waals surface area contributed by atoms with E-state index in [1.54, 1.807) is 17.0 Å². The molecule has 1 aromatic carbocycles. The molecule has 9 nitrogen and oxygen atoms in total. The Balaban J connectivity index is 1.23. The van der Waals surface area contributed by atoms with Crippen molar-refractivity contribution in [2.24, 2.45) is 5.41 Å². The number of likely N-dealkylation sites (tertiary alicyclic amines) is 1. The van der Waals surface area contributed by atoms with Gasteiger partial charge in [0, 0.05) is 31.3 Å². The Morgan fingerprint density at radius 3 is 2.56 bits per heavy atom. The van der Waals surface area contributed by atoms with Gasteiger partial charge in [0.15, 0.2) is 5.82 Å². The number of hydrogen-bond acceptors (Lipinski definition) is 7. The third kappa shape index (κ3) is 3.73. The molecule has 1 spiro atoms. The van der Waals surface area contributed by atoms with Gasteiger partial charge in [0.2, 0.25) is 5.91 Å². The number of rotatable bonds is 5. The zero-order chi connectivity index (χ0) is 24.0. The molecule has 1 N–H and O–H groups in total. The number of piperidine rings is 1. The number of amides is 1. The van der Waals surface area contributed by atoms with Gasteiger partial charge in [0.05, 0.1) is 17.1 Å². The number of aromatic nitrogens is 2. The first-order valence-electron chi connectivity index (χ1n) is 11.9. The Labute approximate surface area is 197 Å². The zero-order valence-corrected chi connectivity index (χ0v) is 19.6. The molecule has 180 valence electrons. The highest BCUT2D eigenvalue weighted by Crippen LogP contribution is 2.43. The second-order valence-electron chi connectivity index (χ2n) is 9.53. The fourth-order valence-corrected chi connectivity index (χ4v) is 5.55. The van der Waals surface area contributed by atoms with E-state index in [1.807, 2.05) is 19.9 Å². The van der Waals surface area contributed by atoms with Gasteiger partial charge in [0.1, 0.15) is 6.61 Å². The maximum atomic E-state index is 13.4. The molecule has 0 unspecified atom stereocenters. The Kier molecular flexibility index (Phi) is 5.77. The summed E-state index contributed by atoms with van der Waals surface area (Å²) < 4.78 is 6.50. The average molecular weight is 467 g/mol. The lowest BCUT2D eigenvalue weighted by Crippen LogP contribution is -2.46. The van der Waals surface area contributed by atoms with Crippen LogP contribution in [0.25, 0.3) is 0 Å². The van der Waals surface area contributed by atoms with Gasteiger partial charge >= 0.3 is 5.97 Å². The van der Waals surface area contributed by atoms with E-state index in [2.05, 4.69) is 10.00 Å². The summed E-state index contributed by atoms with van der Waals surface area (Å²) in [6.45, 7) is 7.03. The molecular formula is C25H30N4O5. The lowest BCUT2D eigenvalue weighted by Gasteiger charge is -2.38. The monoisotopic (exact) mass is 466 g/mol. The molecule has 34 heavy (non-hydrogen) atoms. The Morgan fingerprint density at radius 2 is 1.82 bits per heavy atom. The minimum absolute atomic E-state index is 0.0839. The second-order valence-corrected chi connectivity index (χ2v) is 9.53. The van der Waals surface area contributed by atoms with Crippen LogP contribution in [0.15, 0.2) is 29.1 Å². The van der Waals surface area contributed by atoms with Crippen LogP contribution in [-0.2, 0) is 22.7 Å². The molecule has 0 radical (unpaired) electrons. The lowest BCUT2D eigenvalue weighted by molar-refractivity contribution is -0.128. The fraction of sp³-hybridized carbons (Fsp3) is 0.520. The maximum Gasteiger partial charge on any atom is 0.338 e. The van der Waals surface area contributed by atoms with Crippen molar-refractivity contribution >= 4 is 17.7 Å². The first-order chi connectivity index (χ1) is 16.3. The van der Waals surface area contributed by atoms with Crippen LogP contribution in [0.2, 0.25) is 0 Å². The molecule has 3 aliphatic heterocycles. The average Bonchev–Trinajstić information content (AvgIpc) is 3.37. The van der Waals surface area contributed by atoms with E-state index in [9.17, 15) is 19.5 Å². The van der Waals surface area contributed by atoms with Gasteiger partial charge in [-0.2, -0.15) is 5.10 Å². The summed E-state index contributed by atoms with van der Waals surface area (Å²) in [7, 11) is 0. The van der Waals surface area contributed by atoms with Gasteiger partial charge in [-0.1, -0.05) is 6.07 Å². The number of ether oxygens (including phenoxy) is 1. The number of aliphatic hydroxyl groups excluding tert-OH is 1. The van der Waals surface area contributed by atoms with Crippen molar-refractivity contribution in [2.75, 3.05) is 31.1 Å². The molecule has 0 bridgehead atoms. The molecule has 5 rings (SSSR count). The molecule has 0 aliphatic carbocycles. The van der Waals surface area contributed by atoms with E-state index >= 15 is 0 Å². The van der Waals surface area contributed by atoms with Crippen LogP contribution in [0.4, 0.5) is 5.82 Å². The maximum absolute atomic E-state index is 13.4. The summed E-state index contributed by atoms with van der Waals surface area (Å²) in [5.74, 6) is 0.316.